The first kappa shape index (κ1) is 27.2. The quantitative estimate of drug-likeness (QED) is 0.288. The molecule has 11 heteroatoms. The summed E-state index contributed by atoms with van der Waals surface area (Å²) in [5.74, 6) is 0.882. The molecule has 0 amide bonds. The van der Waals surface area contributed by atoms with Gasteiger partial charge in [0.15, 0.2) is 16.2 Å². The van der Waals surface area contributed by atoms with Gasteiger partial charge in [-0.25, -0.2) is 14.3 Å². The van der Waals surface area contributed by atoms with Crippen molar-refractivity contribution in [3.63, 3.8) is 0 Å². The fraction of sp³-hybridized carbons (Fsp3) is 0.308. The van der Waals surface area contributed by atoms with Gasteiger partial charge in [-0.3, -0.25) is 9.47 Å². The minimum Gasteiger partial charge on any atom is -0.304 e. The number of halogens is 2. The van der Waals surface area contributed by atoms with Crippen LogP contribution in [0.2, 0.25) is 0 Å². The van der Waals surface area contributed by atoms with Crippen molar-refractivity contribution in [3.05, 3.63) is 83.0 Å². The van der Waals surface area contributed by atoms with Crippen LogP contribution in [-0.4, -0.2) is 72.1 Å². The van der Waals surface area contributed by atoms with Gasteiger partial charge in [-0.05, 0) is 37.0 Å². The number of pyridine rings is 1. The lowest BCUT2D eigenvalue weighted by Gasteiger charge is -2.31. The Balaban J connectivity index is 0.00000160. The van der Waals surface area contributed by atoms with Crippen molar-refractivity contribution in [1.82, 2.24) is 38.9 Å². The molecule has 2 aromatic carbocycles. The van der Waals surface area contributed by atoms with E-state index in [-0.39, 0.29) is 24.8 Å². The minimum absolute atomic E-state index is 0. The molecule has 0 bridgehead atoms. The zero-order chi connectivity index (χ0) is 23.8. The monoisotopic (exact) mass is 556 g/mol. The van der Waals surface area contributed by atoms with Crippen molar-refractivity contribution in [2.75, 3.05) is 33.2 Å². The number of para-hydroxylation sites is 1. The van der Waals surface area contributed by atoms with Crippen LogP contribution in [-0.2, 0) is 19.8 Å². The number of hydrogen-bond donors (Lipinski definition) is 0. The van der Waals surface area contributed by atoms with Crippen molar-refractivity contribution < 1.29 is 0 Å². The molecular weight excluding hydrogens is 527 g/mol. The number of fused-ring (bicyclic) bond motifs is 2. The molecule has 5 aromatic rings. The van der Waals surface area contributed by atoms with Gasteiger partial charge in [0.05, 0.1) is 24.9 Å². The fourth-order valence-corrected chi connectivity index (χ4v) is 4.93. The summed E-state index contributed by atoms with van der Waals surface area (Å²) in [5, 5.41) is 11.8. The molecule has 4 heterocycles. The predicted octanol–water partition coefficient (Wildman–Crippen LogP) is 4.46. The zero-order valence-electron chi connectivity index (χ0n) is 20.6. The van der Waals surface area contributed by atoms with Gasteiger partial charge in [0, 0.05) is 37.0 Å². The van der Waals surface area contributed by atoms with Gasteiger partial charge in [0.2, 0.25) is 0 Å². The van der Waals surface area contributed by atoms with Crippen LogP contribution < -0.4 is 0 Å². The van der Waals surface area contributed by atoms with Crippen LogP contribution in [0, 0.1) is 4.77 Å². The Bertz CT molecular complexity index is 1540. The molecule has 1 saturated heterocycles. The lowest BCUT2D eigenvalue weighted by atomic mass is 10.2. The van der Waals surface area contributed by atoms with Crippen molar-refractivity contribution in [1.29, 1.82) is 0 Å². The van der Waals surface area contributed by atoms with Gasteiger partial charge in [-0.15, -0.1) is 24.8 Å². The number of likely N-dealkylation sites (N-methyl/N-ethyl adjacent to an activating group) is 1. The molecule has 3 aromatic heterocycles. The second-order valence-electron chi connectivity index (χ2n) is 9.23. The number of aromatic nitrogens is 6. The fourth-order valence-electron chi connectivity index (χ4n) is 4.66. The number of piperazine rings is 1. The minimum atomic E-state index is 0. The second kappa shape index (κ2) is 11.7. The molecule has 8 nitrogen and oxygen atoms in total. The maximum atomic E-state index is 5.94. The van der Waals surface area contributed by atoms with Crippen LogP contribution in [0.5, 0.6) is 0 Å². The van der Waals surface area contributed by atoms with Crippen LogP contribution in [0.15, 0.2) is 66.9 Å². The van der Waals surface area contributed by atoms with E-state index in [1.807, 2.05) is 39.8 Å². The topological polar surface area (TPSA) is 59.9 Å². The molecule has 6 rings (SSSR count). The van der Waals surface area contributed by atoms with Crippen LogP contribution in [0.1, 0.15) is 11.4 Å². The highest BCUT2D eigenvalue weighted by atomic mass is 35.5. The molecule has 37 heavy (non-hydrogen) atoms. The van der Waals surface area contributed by atoms with Gasteiger partial charge in [-0.1, -0.05) is 48.5 Å². The third-order valence-electron chi connectivity index (χ3n) is 6.72. The van der Waals surface area contributed by atoms with Gasteiger partial charge < -0.3 is 4.90 Å². The Morgan fingerprint density at radius 3 is 2.35 bits per heavy atom. The van der Waals surface area contributed by atoms with E-state index in [4.69, 9.17) is 22.3 Å². The number of rotatable bonds is 6. The molecule has 0 aliphatic carbocycles. The van der Waals surface area contributed by atoms with Crippen LogP contribution >= 0.6 is 37.0 Å². The molecule has 0 saturated carbocycles. The molecule has 1 aliphatic heterocycles. The Morgan fingerprint density at radius 1 is 0.838 bits per heavy atom. The third-order valence-corrected chi connectivity index (χ3v) is 7.15. The first-order valence-corrected chi connectivity index (χ1v) is 12.4. The maximum absolute atomic E-state index is 5.94. The normalized spacial score (nSPS) is 14.5. The second-order valence-corrected chi connectivity index (χ2v) is 9.59. The predicted molar refractivity (Wildman–Crippen MR) is 154 cm³/mol. The molecule has 1 aliphatic rings. The van der Waals surface area contributed by atoms with Crippen molar-refractivity contribution in [2.24, 2.45) is 0 Å². The maximum Gasteiger partial charge on any atom is 0.199 e. The molecule has 194 valence electrons. The van der Waals surface area contributed by atoms with Crippen molar-refractivity contribution in [2.45, 2.75) is 19.8 Å². The van der Waals surface area contributed by atoms with Crippen LogP contribution in [0.25, 0.3) is 21.9 Å². The average Bonchev–Trinajstić information content (AvgIpc) is 3.40. The molecule has 0 unspecified atom stereocenters. The third kappa shape index (κ3) is 5.71. The number of nitrogens with zero attached hydrogens (tertiary/aromatic N) is 8. The first-order valence-electron chi connectivity index (χ1n) is 12.0. The van der Waals surface area contributed by atoms with E-state index >= 15 is 0 Å². The standard InChI is InChI=1S/C26H28N8S.2ClH/c1-30-11-13-31(14-12-30)19-34-26(35)32(17-20-7-3-2-4-8-20)24(29-34)18-33-25-22(16-27-33)15-21-9-5-6-10-23(21)28-25;;/h2-10,15-16H,11-14,17-19H2,1H3;2*1H. The molecule has 0 spiro atoms. The molecule has 0 radical (unpaired) electrons. The smallest absolute Gasteiger partial charge is 0.199 e. The van der Waals surface area contributed by atoms with E-state index in [2.05, 4.69) is 62.9 Å². The lowest BCUT2D eigenvalue weighted by Crippen LogP contribution is -2.45. The van der Waals surface area contributed by atoms with E-state index in [1.54, 1.807) is 0 Å². The summed E-state index contributed by atoms with van der Waals surface area (Å²) in [7, 11) is 2.17. The van der Waals surface area contributed by atoms with Gasteiger partial charge in [-0.2, -0.15) is 10.2 Å². The van der Waals surface area contributed by atoms with Crippen molar-refractivity contribution in [3.8, 4) is 0 Å². The molecular formula is C26H30Cl2N8S. The van der Waals surface area contributed by atoms with Crippen molar-refractivity contribution >= 4 is 59.0 Å². The summed E-state index contributed by atoms with van der Waals surface area (Å²) >= 11 is 5.94. The first-order chi connectivity index (χ1) is 17.1. The Hall–Kier alpha value is -2.82. The summed E-state index contributed by atoms with van der Waals surface area (Å²) < 4.78 is 6.76. The highest BCUT2D eigenvalue weighted by molar-refractivity contribution is 7.71. The highest BCUT2D eigenvalue weighted by Crippen LogP contribution is 2.20. The van der Waals surface area contributed by atoms with Crippen LogP contribution in [0.3, 0.4) is 0 Å². The van der Waals surface area contributed by atoms with E-state index < -0.39 is 0 Å². The lowest BCUT2D eigenvalue weighted by molar-refractivity contribution is 0.118. The van der Waals surface area contributed by atoms with E-state index in [1.165, 1.54) is 5.56 Å². The molecule has 1 fully saturated rings. The SMILES string of the molecule is CN1CCN(Cn2nc(Cn3ncc4cc5ccccc5nc43)n(Cc3ccccc3)c2=S)CC1.Cl.Cl. The molecule has 0 atom stereocenters. The van der Waals surface area contributed by atoms with Gasteiger partial charge in [0.1, 0.15) is 6.54 Å². The summed E-state index contributed by atoms with van der Waals surface area (Å²) in [6, 6.07) is 20.7. The number of benzene rings is 2. The Labute approximate surface area is 233 Å². The van der Waals surface area contributed by atoms with E-state index in [9.17, 15) is 0 Å². The van der Waals surface area contributed by atoms with Gasteiger partial charge >= 0.3 is 0 Å². The summed E-state index contributed by atoms with van der Waals surface area (Å²) in [5.41, 5.74) is 3.01. The average molecular weight is 558 g/mol. The Morgan fingerprint density at radius 2 is 1.57 bits per heavy atom. The largest absolute Gasteiger partial charge is 0.304 e. The number of hydrogen-bond acceptors (Lipinski definition) is 6. The molecule has 0 N–H and O–H groups in total. The summed E-state index contributed by atoms with van der Waals surface area (Å²) in [6.07, 6.45) is 1.88. The Kier molecular flexibility index (Phi) is 8.61. The summed E-state index contributed by atoms with van der Waals surface area (Å²) in [4.78, 5) is 9.66. The highest BCUT2D eigenvalue weighted by Gasteiger charge is 2.19. The zero-order valence-corrected chi connectivity index (χ0v) is 23.1. The van der Waals surface area contributed by atoms with E-state index in [0.717, 1.165) is 58.7 Å². The summed E-state index contributed by atoms with van der Waals surface area (Å²) in [6.45, 7) is 6.02. The van der Waals surface area contributed by atoms with Crippen LogP contribution in [0.4, 0.5) is 0 Å². The van der Waals surface area contributed by atoms with Gasteiger partial charge in [0.25, 0.3) is 0 Å². The van der Waals surface area contributed by atoms with E-state index in [0.29, 0.717) is 19.8 Å².